The SMILES string of the molecule is CC(C)(C)CS(=O)(=O)N1CCCC1C1CCCC1=O. The fraction of sp³-hybridized carbons (Fsp3) is 0.929. The van der Waals surface area contributed by atoms with Crippen LogP contribution in [0.15, 0.2) is 0 Å². The number of sulfonamides is 1. The Labute approximate surface area is 116 Å². The Morgan fingerprint density at radius 2 is 1.89 bits per heavy atom. The number of ketones is 1. The molecule has 0 radical (unpaired) electrons. The molecule has 2 aliphatic rings. The minimum absolute atomic E-state index is 0.0442. The molecule has 2 fully saturated rings. The number of hydrogen-bond acceptors (Lipinski definition) is 3. The lowest BCUT2D eigenvalue weighted by molar-refractivity contribution is -0.121. The molecule has 1 saturated carbocycles. The van der Waals surface area contributed by atoms with Crippen LogP contribution in [-0.4, -0.2) is 36.8 Å². The van der Waals surface area contributed by atoms with Crippen LogP contribution in [-0.2, 0) is 14.8 Å². The minimum Gasteiger partial charge on any atom is -0.299 e. The molecule has 0 spiro atoms. The Balaban J connectivity index is 2.16. The molecule has 4 nitrogen and oxygen atoms in total. The van der Waals surface area contributed by atoms with Crippen LogP contribution in [0.5, 0.6) is 0 Å². The van der Waals surface area contributed by atoms with Crippen molar-refractivity contribution in [3.63, 3.8) is 0 Å². The first kappa shape index (κ1) is 15.0. The van der Waals surface area contributed by atoms with Gasteiger partial charge in [0.2, 0.25) is 10.0 Å². The van der Waals surface area contributed by atoms with E-state index in [4.69, 9.17) is 0 Å². The highest BCUT2D eigenvalue weighted by molar-refractivity contribution is 7.89. The fourth-order valence-electron chi connectivity index (χ4n) is 3.39. The summed E-state index contributed by atoms with van der Waals surface area (Å²) in [4.78, 5) is 11.9. The highest BCUT2D eigenvalue weighted by atomic mass is 32.2. The van der Waals surface area contributed by atoms with Gasteiger partial charge in [0.25, 0.3) is 0 Å². The van der Waals surface area contributed by atoms with Gasteiger partial charge in [-0.05, 0) is 31.1 Å². The molecule has 19 heavy (non-hydrogen) atoms. The zero-order valence-electron chi connectivity index (χ0n) is 12.2. The van der Waals surface area contributed by atoms with Crippen molar-refractivity contribution >= 4 is 15.8 Å². The number of nitrogens with zero attached hydrogens (tertiary/aromatic N) is 1. The molecule has 0 aromatic carbocycles. The summed E-state index contributed by atoms with van der Waals surface area (Å²) in [7, 11) is -3.25. The fourth-order valence-corrected chi connectivity index (χ4v) is 5.73. The maximum absolute atomic E-state index is 12.5. The monoisotopic (exact) mass is 287 g/mol. The molecular weight excluding hydrogens is 262 g/mol. The first-order valence-electron chi connectivity index (χ1n) is 7.23. The third-order valence-corrected chi connectivity index (χ3v) is 6.44. The largest absolute Gasteiger partial charge is 0.299 e. The van der Waals surface area contributed by atoms with Gasteiger partial charge in [-0.15, -0.1) is 0 Å². The lowest BCUT2D eigenvalue weighted by atomic mass is 9.96. The summed E-state index contributed by atoms with van der Waals surface area (Å²) in [5.74, 6) is 0.386. The maximum atomic E-state index is 12.5. The number of hydrogen-bond donors (Lipinski definition) is 0. The Morgan fingerprint density at radius 3 is 2.42 bits per heavy atom. The summed E-state index contributed by atoms with van der Waals surface area (Å²) in [5, 5.41) is 0. The van der Waals surface area contributed by atoms with E-state index in [1.54, 1.807) is 4.31 Å². The molecule has 0 aromatic rings. The highest BCUT2D eigenvalue weighted by Gasteiger charge is 2.43. The lowest BCUT2D eigenvalue weighted by Gasteiger charge is -2.30. The molecule has 0 bridgehead atoms. The van der Waals surface area contributed by atoms with Crippen molar-refractivity contribution in [2.75, 3.05) is 12.3 Å². The topological polar surface area (TPSA) is 54.5 Å². The van der Waals surface area contributed by atoms with Crippen molar-refractivity contribution in [3.8, 4) is 0 Å². The van der Waals surface area contributed by atoms with Crippen molar-refractivity contribution < 1.29 is 13.2 Å². The van der Waals surface area contributed by atoms with Crippen LogP contribution in [0.25, 0.3) is 0 Å². The van der Waals surface area contributed by atoms with Crippen molar-refractivity contribution in [1.29, 1.82) is 0 Å². The van der Waals surface area contributed by atoms with E-state index >= 15 is 0 Å². The average molecular weight is 287 g/mol. The van der Waals surface area contributed by atoms with Crippen molar-refractivity contribution in [2.45, 2.75) is 58.9 Å². The average Bonchev–Trinajstić information content (AvgIpc) is 2.80. The van der Waals surface area contributed by atoms with Crippen LogP contribution in [0.4, 0.5) is 0 Å². The van der Waals surface area contributed by atoms with Gasteiger partial charge in [-0.25, -0.2) is 8.42 Å². The Kier molecular flexibility index (Phi) is 4.07. The molecule has 2 rings (SSSR count). The number of Topliss-reactive ketones (excluding diaryl/α,β-unsaturated/α-hetero) is 1. The predicted octanol–water partition coefficient (Wildman–Crippen LogP) is 2.20. The summed E-state index contributed by atoms with van der Waals surface area (Å²) in [6.07, 6.45) is 4.16. The van der Waals surface area contributed by atoms with Crippen LogP contribution in [0.1, 0.15) is 52.9 Å². The van der Waals surface area contributed by atoms with Crippen LogP contribution in [0.3, 0.4) is 0 Å². The molecule has 1 heterocycles. The van der Waals surface area contributed by atoms with Crippen molar-refractivity contribution in [2.24, 2.45) is 11.3 Å². The van der Waals surface area contributed by atoms with Gasteiger partial charge in [0.15, 0.2) is 0 Å². The molecule has 1 saturated heterocycles. The standard InChI is InChI=1S/C14H25NO3S/c1-14(2,3)10-19(17,18)15-9-5-7-12(15)11-6-4-8-13(11)16/h11-12H,4-10H2,1-3H3. The summed E-state index contributed by atoms with van der Waals surface area (Å²) in [6, 6.07) is -0.0673. The zero-order valence-corrected chi connectivity index (χ0v) is 13.0. The van der Waals surface area contributed by atoms with Crippen molar-refractivity contribution in [1.82, 2.24) is 4.31 Å². The lowest BCUT2D eigenvalue weighted by Crippen LogP contribution is -2.44. The molecular formula is C14H25NO3S. The Bertz CT molecular complexity index is 450. The van der Waals surface area contributed by atoms with E-state index in [0.29, 0.717) is 13.0 Å². The van der Waals surface area contributed by atoms with Gasteiger partial charge in [-0.2, -0.15) is 4.31 Å². The minimum atomic E-state index is -3.25. The molecule has 1 aliphatic heterocycles. The Morgan fingerprint density at radius 1 is 1.21 bits per heavy atom. The van der Waals surface area contributed by atoms with Gasteiger partial charge in [0.05, 0.1) is 5.75 Å². The third kappa shape index (κ3) is 3.37. The van der Waals surface area contributed by atoms with E-state index in [0.717, 1.165) is 25.7 Å². The van der Waals surface area contributed by atoms with E-state index in [2.05, 4.69) is 0 Å². The highest BCUT2D eigenvalue weighted by Crippen LogP contribution is 2.35. The van der Waals surface area contributed by atoms with Gasteiger partial charge in [0.1, 0.15) is 5.78 Å². The van der Waals surface area contributed by atoms with Crippen LogP contribution in [0.2, 0.25) is 0 Å². The second-order valence-electron chi connectivity index (χ2n) is 7.10. The summed E-state index contributed by atoms with van der Waals surface area (Å²) in [5.41, 5.74) is -0.244. The quantitative estimate of drug-likeness (QED) is 0.799. The molecule has 2 atom stereocenters. The summed E-state index contributed by atoms with van der Waals surface area (Å²) >= 11 is 0. The second kappa shape index (κ2) is 5.17. The molecule has 5 heteroatoms. The summed E-state index contributed by atoms with van der Waals surface area (Å²) < 4.78 is 26.7. The second-order valence-corrected chi connectivity index (χ2v) is 9.02. The zero-order chi connectivity index (χ0) is 14.3. The van der Waals surface area contributed by atoms with E-state index in [1.807, 2.05) is 20.8 Å². The molecule has 1 aliphatic carbocycles. The molecule has 0 N–H and O–H groups in total. The normalized spacial score (nSPS) is 30.2. The van der Waals surface area contributed by atoms with Gasteiger partial charge in [0, 0.05) is 24.9 Å². The van der Waals surface area contributed by atoms with Crippen LogP contribution in [0, 0.1) is 11.3 Å². The first-order valence-corrected chi connectivity index (χ1v) is 8.84. The molecule has 0 aromatic heterocycles. The third-order valence-electron chi connectivity index (χ3n) is 4.04. The number of rotatable bonds is 3. The molecule has 110 valence electrons. The van der Waals surface area contributed by atoms with Gasteiger partial charge < -0.3 is 0 Å². The molecule has 2 unspecified atom stereocenters. The van der Waals surface area contributed by atoms with E-state index in [-0.39, 0.29) is 28.9 Å². The first-order chi connectivity index (χ1) is 8.71. The van der Waals surface area contributed by atoms with Gasteiger partial charge >= 0.3 is 0 Å². The van der Waals surface area contributed by atoms with E-state index < -0.39 is 10.0 Å². The van der Waals surface area contributed by atoms with Crippen LogP contribution >= 0.6 is 0 Å². The van der Waals surface area contributed by atoms with E-state index in [1.165, 1.54) is 0 Å². The number of carbonyl (C=O) groups excluding carboxylic acids is 1. The smallest absolute Gasteiger partial charge is 0.214 e. The predicted molar refractivity (Wildman–Crippen MR) is 75.3 cm³/mol. The number of carbonyl (C=O) groups is 1. The Hall–Kier alpha value is -0.420. The van der Waals surface area contributed by atoms with Crippen LogP contribution < -0.4 is 0 Å². The van der Waals surface area contributed by atoms with Crippen molar-refractivity contribution in [3.05, 3.63) is 0 Å². The summed E-state index contributed by atoms with van der Waals surface area (Å²) in [6.45, 7) is 6.41. The van der Waals surface area contributed by atoms with Gasteiger partial charge in [-0.1, -0.05) is 20.8 Å². The maximum Gasteiger partial charge on any atom is 0.214 e. The van der Waals surface area contributed by atoms with Gasteiger partial charge in [-0.3, -0.25) is 4.79 Å². The van der Waals surface area contributed by atoms with E-state index in [9.17, 15) is 13.2 Å². The molecule has 0 amide bonds.